The van der Waals surface area contributed by atoms with Crippen molar-refractivity contribution in [3.8, 4) is 5.75 Å². The Kier molecular flexibility index (Phi) is 4.47. The van der Waals surface area contributed by atoms with Gasteiger partial charge in [-0.05, 0) is 24.6 Å². The van der Waals surface area contributed by atoms with Crippen molar-refractivity contribution < 1.29 is 28.7 Å². The van der Waals surface area contributed by atoms with E-state index in [0.717, 1.165) is 5.56 Å². The van der Waals surface area contributed by atoms with E-state index >= 15 is 0 Å². The molecule has 0 saturated carbocycles. The third-order valence-electron chi connectivity index (χ3n) is 4.07. The van der Waals surface area contributed by atoms with Crippen LogP contribution in [0.4, 0.5) is 9.59 Å². The van der Waals surface area contributed by atoms with Gasteiger partial charge in [0, 0.05) is 12.8 Å². The van der Waals surface area contributed by atoms with Crippen molar-refractivity contribution in [1.82, 2.24) is 0 Å². The Morgan fingerprint density at radius 2 is 2.00 bits per heavy atom. The molecule has 1 aromatic carbocycles. The summed E-state index contributed by atoms with van der Waals surface area (Å²) in [6.45, 7) is 2.12. The highest BCUT2D eigenvalue weighted by Gasteiger charge is 2.54. The van der Waals surface area contributed by atoms with Gasteiger partial charge in [0.25, 0.3) is 0 Å². The summed E-state index contributed by atoms with van der Waals surface area (Å²) in [7, 11) is 1.57. The van der Waals surface area contributed by atoms with Crippen LogP contribution in [0.25, 0.3) is 0 Å². The molecule has 6 nitrogen and oxygen atoms in total. The van der Waals surface area contributed by atoms with E-state index in [-0.39, 0.29) is 19.2 Å². The molecule has 1 heterocycles. The summed E-state index contributed by atoms with van der Waals surface area (Å²) in [6.07, 6.45) is -0.405. The number of nitrogens with zero attached hydrogens (tertiary/aromatic N) is 1. The predicted octanol–water partition coefficient (Wildman–Crippen LogP) is 3.01. The summed E-state index contributed by atoms with van der Waals surface area (Å²) in [6, 6.07) is 6.84. The van der Waals surface area contributed by atoms with Crippen LogP contribution in [-0.4, -0.2) is 41.5 Å². The minimum absolute atomic E-state index is 0.0584. The second-order valence-electron chi connectivity index (χ2n) is 5.27. The first-order chi connectivity index (χ1) is 10.0. The Hall–Kier alpha value is -2.08. The molecule has 1 N–H and O–H groups in total. The van der Waals surface area contributed by atoms with Crippen molar-refractivity contribution in [2.24, 2.45) is 0 Å². The molecule has 1 aliphatic rings. The van der Waals surface area contributed by atoms with Crippen LogP contribution in [0, 0.1) is 0 Å². The van der Waals surface area contributed by atoms with E-state index in [1.807, 2.05) is 0 Å². The number of benzene rings is 1. The summed E-state index contributed by atoms with van der Waals surface area (Å²) >= 11 is 0. The molecular formula is C15H20NO5+. The SMILES string of the molecule is COc1ccc(COC(=O)[N+]2(C(=O)O)CCC[C@H]2C)cc1. The smallest absolute Gasteiger partial charge is 0.497 e. The maximum atomic E-state index is 12.3. The van der Waals surface area contributed by atoms with Crippen LogP contribution < -0.4 is 4.74 Å². The number of hydrogen-bond donors (Lipinski definition) is 1. The van der Waals surface area contributed by atoms with E-state index in [1.165, 1.54) is 0 Å². The predicted molar refractivity (Wildman–Crippen MR) is 75.0 cm³/mol. The van der Waals surface area contributed by atoms with Crippen LogP contribution in [-0.2, 0) is 11.3 Å². The van der Waals surface area contributed by atoms with Crippen molar-refractivity contribution in [2.75, 3.05) is 13.7 Å². The standard InChI is InChI=1S/C15H19NO5/c1-11-4-3-9-16(11,14(17)18)15(19)21-10-12-5-7-13(20-2)8-6-12/h5-8,11H,3-4,9-10H2,1-2H3/p+1/t11-,16?/m1/s1. The van der Waals surface area contributed by atoms with Crippen molar-refractivity contribution in [2.45, 2.75) is 32.4 Å². The number of carbonyl (C=O) groups excluding carboxylic acids is 1. The molecule has 1 saturated heterocycles. The lowest BCUT2D eigenvalue weighted by Gasteiger charge is -2.27. The molecule has 0 aliphatic carbocycles. The monoisotopic (exact) mass is 294 g/mol. The molecule has 6 heteroatoms. The van der Waals surface area contributed by atoms with Gasteiger partial charge in [-0.1, -0.05) is 12.1 Å². The topological polar surface area (TPSA) is 72.8 Å². The second-order valence-corrected chi connectivity index (χ2v) is 5.27. The molecular weight excluding hydrogens is 274 g/mol. The summed E-state index contributed by atoms with van der Waals surface area (Å²) in [4.78, 5) is 23.8. The fraction of sp³-hybridized carbons (Fsp3) is 0.467. The van der Waals surface area contributed by atoms with Crippen LogP contribution in [0.2, 0.25) is 0 Å². The largest absolute Gasteiger partial charge is 0.527 e. The average molecular weight is 294 g/mol. The minimum Gasteiger partial charge on any atom is -0.497 e. The number of carboxylic acid groups (broad SMARTS) is 1. The molecule has 0 aromatic heterocycles. The Balaban J connectivity index is 2.04. The van der Waals surface area contributed by atoms with E-state index in [1.54, 1.807) is 38.3 Å². The maximum Gasteiger partial charge on any atom is 0.527 e. The first-order valence-electron chi connectivity index (χ1n) is 6.92. The Bertz CT molecular complexity index is 527. The van der Waals surface area contributed by atoms with E-state index in [2.05, 4.69) is 0 Å². The first kappa shape index (κ1) is 15.3. The van der Waals surface area contributed by atoms with Gasteiger partial charge in [0.05, 0.1) is 7.11 Å². The molecule has 0 bridgehead atoms. The molecule has 1 unspecified atom stereocenters. The van der Waals surface area contributed by atoms with Crippen LogP contribution in [0.3, 0.4) is 0 Å². The highest BCUT2D eigenvalue weighted by molar-refractivity contribution is 5.75. The van der Waals surface area contributed by atoms with Gasteiger partial charge < -0.3 is 14.6 Å². The zero-order chi connectivity index (χ0) is 15.5. The van der Waals surface area contributed by atoms with Crippen molar-refractivity contribution >= 4 is 12.2 Å². The normalized spacial score (nSPS) is 24.6. The van der Waals surface area contributed by atoms with Crippen LogP contribution >= 0.6 is 0 Å². The fourth-order valence-corrected chi connectivity index (χ4v) is 2.69. The van der Waals surface area contributed by atoms with Gasteiger partial charge in [-0.2, -0.15) is 9.59 Å². The van der Waals surface area contributed by atoms with E-state index in [4.69, 9.17) is 9.47 Å². The molecule has 114 valence electrons. The molecule has 1 fully saturated rings. The van der Waals surface area contributed by atoms with Gasteiger partial charge in [0.2, 0.25) is 0 Å². The number of amides is 2. The van der Waals surface area contributed by atoms with Crippen molar-refractivity contribution in [3.05, 3.63) is 29.8 Å². The lowest BCUT2D eigenvalue weighted by atomic mass is 10.2. The van der Waals surface area contributed by atoms with Crippen LogP contribution in [0.5, 0.6) is 5.75 Å². The zero-order valence-electron chi connectivity index (χ0n) is 12.2. The first-order valence-corrected chi connectivity index (χ1v) is 6.92. The van der Waals surface area contributed by atoms with Crippen molar-refractivity contribution in [3.63, 3.8) is 0 Å². The molecule has 0 radical (unpaired) electrons. The van der Waals surface area contributed by atoms with Gasteiger partial charge in [-0.15, -0.1) is 4.48 Å². The molecule has 1 aromatic rings. The number of quaternary nitrogens is 1. The number of carbonyl (C=O) groups is 2. The molecule has 0 spiro atoms. The highest BCUT2D eigenvalue weighted by atomic mass is 16.6. The molecule has 2 rings (SSSR count). The quantitative estimate of drug-likeness (QED) is 0.867. The van der Waals surface area contributed by atoms with E-state index in [9.17, 15) is 14.7 Å². The van der Waals surface area contributed by atoms with Gasteiger partial charge in [0.15, 0.2) is 0 Å². The highest BCUT2D eigenvalue weighted by Crippen LogP contribution is 2.29. The molecule has 2 atom stereocenters. The van der Waals surface area contributed by atoms with Gasteiger partial charge in [0.1, 0.15) is 24.9 Å². The Morgan fingerprint density at radius 3 is 2.48 bits per heavy atom. The van der Waals surface area contributed by atoms with E-state index in [0.29, 0.717) is 18.6 Å². The maximum absolute atomic E-state index is 12.3. The lowest BCUT2D eigenvalue weighted by molar-refractivity contribution is -0.795. The summed E-state index contributed by atoms with van der Waals surface area (Å²) in [5.74, 6) is 0.715. The van der Waals surface area contributed by atoms with Crippen LogP contribution in [0.1, 0.15) is 25.3 Å². The number of methoxy groups -OCH3 is 1. The summed E-state index contributed by atoms with van der Waals surface area (Å²) in [5, 5.41) is 9.42. The lowest BCUT2D eigenvalue weighted by Crippen LogP contribution is -2.58. The molecule has 1 aliphatic heterocycles. The number of likely N-dealkylation sites (tertiary alicyclic amines) is 1. The average Bonchev–Trinajstić information content (AvgIpc) is 2.88. The molecule has 21 heavy (non-hydrogen) atoms. The summed E-state index contributed by atoms with van der Waals surface area (Å²) in [5.41, 5.74) is 0.791. The second kappa shape index (κ2) is 6.13. The number of ether oxygens (including phenoxy) is 2. The third kappa shape index (κ3) is 2.85. The number of imide groups is 1. The van der Waals surface area contributed by atoms with Gasteiger partial charge >= 0.3 is 12.2 Å². The molecule has 2 amide bonds. The number of rotatable bonds is 3. The fourth-order valence-electron chi connectivity index (χ4n) is 2.69. The van der Waals surface area contributed by atoms with Gasteiger partial charge in [-0.25, -0.2) is 0 Å². The minimum atomic E-state index is -1.14. The number of hydrogen-bond acceptors (Lipinski definition) is 4. The van der Waals surface area contributed by atoms with Crippen molar-refractivity contribution in [1.29, 1.82) is 0 Å². The Labute approximate surface area is 123 Å². The zero-order valence-corrected chi connectivity index (χ0v) is 12.2. The summed E-state index contributed by atoms with van der Waals surface area (Å²) < 4.78 is 9.65. The third-order valence-corrected chi connectivity index (χ3v) is 4.07. The van der Waals surface area contributed by atoms with Gasteiger partial charge in [-0.3, -0.25) is 0 Å². The van der Waals surface area contributed by atoms with E-state index < -0.39 is 16.7 Å². The van der Waals surface area contributed by atoms with Crippen LogP contribution in [0.15, 0.2) is 24.3 Å². The Morgan fingerprint density at radius 1 is 1.33 bits per heavy atom.